The van der Waals surface area contributed by atoms with Gasteiger partial charge in [-0.2, -0.15) is 5.26 Å². The molecule has 0 bridgehead atoms. The van der Waals surface area contributed by atoms with E-state index < -0.39 is 0 Å². The van der Waals surface area contributed by atoms with E-state index in [1.54, 1.807) is 12.1 Å². The van der Waals surface area contributed by atoms with Crippen LogP contribution in [0, 0.1) is 17.2 Å². The van der Waals surface area contributed by atoms with Gasteiger partial charge < -0.3 is 0 Å². The Kier molecular flexibility index (Phi) is 9.47. The minimum absolute atomic E-state index is 0.645. The molecule has 1 fully saturated rings. The summed E-state index contributed by atoms with van der Waals surface area (Å²) in [6.45, 7) is 2.29. The molecule has 0 spiro atoms. The van der Waals surface area contributed by atoms with E-state index in [0.717, 1.165) is 22.6 Å². The predicted octanol–water partition coefficient (Wildman–Crippen LogP) is 9.10. The standard InChI is InChI=1S/C32H39N3/c1-2-3-4-5-6-7-8-9-25-10-14-27(15-11-25)28-18-20-29(21-19-28)31-23-34-32(35-24-31)30-16-12-26(22-33)13-17-30/h12-13,16-21,23-25,27H,2-11,14-15H2,1H3/t25-,27-. The summed E-state index contributed by atoms with van der Waals surface area (Å²) in [6.07, 6.45) is 20.6. The number of unbranched alkanes of at least 4 members (excludes halogenated alkanes) is 6. The third-order valence-corrected chi connectivity index (χ3v) is 7.70. The van der Waals surface area contributed by atoms with Crippen LogP contribution in [0.4, 0.5) is 0 Å². The van der Waals surface area contributed by atoms with Gasteiger partial charge in [0.25, 0.3) is 0 Å². The van der Waals surface area contributed by atoms with Crippen LogP contribution < -0.4 is 0 Å². The summed E-state index contributed by atoms with van der Waals surface area (Å²) in [7, 11) is 0. The van der Waals surface area contributed by atoms with Gasteiger partial charge in [0.05, 0.1) is 11.6 Å². The molecule has 3 aromatic rings. The van der Waals surface area contributed by atoms with Crippen molar-refractivity contribution in [3.05, 3.63) is 72.1 Å². The fourth-order valence-corrected chi connectivity index (χ4v) is 5.44. The molecule has 1 aromatic heterocycles. The van der Waals surface area contributed by atoms with Crippen molar-refractivity contribution in [1.82, 2.24) is 9.97 Å². The molecule has 0 radical (unpaired) electrons. The lowest BCUT2D eigenvalue weighted by atomic mass is 9.77. The number of nitrogens with zero attached hydrogens (tertiary/aromatic N) is 3. The number of hydrogen-bond donors (Lipinski definition) is 0. The van der Waals surface area contributed by atoms with E-state index >= 15 is 0 Å². The van der Waals surface area contributed by atoms with Crippen LogP contribution in [0.25, 0.3) is 22.5 Å². The molecule has 1 aliphatic carbocycles. The van der Waals surface area contributed by atoms with Crippen LogP contribution in [-0.4, -0.2) is 9.97 Å². The first kappa shape index (κ1) is 25.1. The molecule has 0 amide bonds. The highest BCUT2D eigenvalue weighted by Crippen LogP contribution is 2.38. The van der Waals surface area contributed by atoms with Gasteiger partial charge >= 0.3 is 0 Å². The Bertz CT molecular complexity index is 1050. The van der Waals surface area contributed by atoms with Gasteiger partial charge in [-0.15, -0.1) is 0 Å². The Morgan fingerprint density at radius 1 is 0.714 bits per heavy atom. The van der Waals surface area contributed by atoms with Crippen molar-refractivity contribution >= 4 is 0 Å². The van der Waals surface area contributed by atoms with Crippen molar-refractivity contribution in [1.29, 1.82) is 5.26 Å². The van der Waals surface area contributed by atoms with E-state index in [0.29, 0.717) is 17.3 Å². The predicted molar refractivity (Wildman–Crippen MR) is 145 cm³/mol. The Morgan fingerprint density at radius 2 is 1.31 bits per heavy atom. The van der Waals surface area contributed by atoms with E-state index in [2.05, 4.69) is 47.2 Å². The van der Waals surface area contributed by atoms with E-state index in [1.807, 2.05) is 24.5 Å². The summed E-state index contributed by atoms with van der Waals surface area (Å²) in [6, 6.07) is 18.6. The van der Waals surface area contributed by atoms with Crippen LogP contribution in [-0.2, 0) is 0 Å². The van der Waals surface area contributed by atoms with Gasteiger partial charge in [-0.1, -0.05) is 82.6 Å². The molecule has 35 heavy (non-hydrogen) atoms. The lowest BCUT2D eigenvalue weighted by Gasteiger charge is -2.29. The van der Waals surface area contributed by atoms with E-state index in [1.165, 1.54) is 82.6 Å². The molecular weight excluding hydrogens is 426 g/mol. The molecule has 1 heterocycles. The minimum Gasteiger partial charge on any atom is -0.236 e. The van der Waals surface area contributed by atoms with Gasteiger partial charge in [-0.3, -0.25) is 0 Å². The number of hydrogen-bond acceptors (Lipinski definition) is 3. The smallest absolute Gasteiger partial charge is 0.159 e. The second-order valence-corrected chi connectivity index (χ2v) is 10.2. The first-order valence-electron chi connectivity index (χ1n) is 13.7. The highest BCUT2D eigenvalue weighted by molar-refractivity contribution is 5.64. The minimum atomic E-state index is 0.645. The normalized spacial score (nSPS) is 17.7. The molecular formula is C32H39N3. The fraction of sp³-hybridized carbons (Fsp3) is 0.469. The number of aromatic nitrogens is 2. The van der Waals surface area contributed by atoms with Crippen LogP contribution in [0.15, 0.2) is 60.9 Å². The zero-order valence-electron chi connectivity index (χ0n) is 21.3. The molecule has 0 N–H and O–H groups in total. The summed E-state index contributed by atoms with van der Waals surface area (Å²) in [4.78, 5) is 9.11. The van der Waals surface area contributed by atoms with Crippen molar-refractivity contribution in [2.24, 2.45) is 5.92 Å². The average Bonchev–Trinajstić information content (AvgIpc) is 2.93. The number of rotatable bonds is 11. The van der Waals surface area contributed by atoms with Gasteiger partial charge in [0.1, 0.15) is 0 Å². The molecule has 3 heteroatoms. The van der Waals surface area contributed by atoms with Gasteiger partial charge in [0, 0.05) is 23.5 Å². The molecule has 0 aliphatic heterocycles. The second kappa shape index (κ2) is 13.2. The lowest BCUT2D eigenvalue weighted by Crippen LogP contribution is -2.13. The van der Waals surface area contributed by atoms with Gasteiger partial charge in [0.15, 0.2) is 5.82 Å². The maximum atomic E-state index is 8.96. The molecule has 3 nitrogen and oxygen atoms in total. The van der Waals surface area contributed by atoms with Crippen molar-refractivity contribution in [2.45, 2.75) is 89.9 Å². The van der Waals surface area contributed by atoms with Crippen LogP contribution in [0.3, 0.4) is 0 Å². The zero-order valence-corrected chi connectivity index (χ0v) is 21.3. The third kappa shape index (κ3) is 7.25. The summed E-state index contributed by atoms with van der Waals surface area (Å²) in [5, 5.41) is 8.96. The van der Waals surface area contributed by atoms with Gasteiger partial charge in [-0.25, -0.2) is 9.97 Å². The van der Waals surface area contributed by atoms with Crippen LogP contribution in [0.5, 0.6) is 0 Å². The quantitative estimate of drug-likeness (QED) is 0.265. The third-order valence-electron chi connectivity index (χ3n) is 7.70. The molecule has 182 valence electrons. The van der Waals surface area contributed by atoms with E-state index in [-0.39, 0.29) is 0 Å². The Labute approximate surface area is 211 Å². The fourth-order valence-electron chi connectivity index (χ4n) is 5.44. The van der Waals surface area contributed by atoms with Crippen molar-refractivity contribution in [3.63, 3.8) is 0 Å². The van der Waals surface area contributed by atoms with Crippen molar-refractivity contribution in [2.75, 3.05) is 0 Å². The van der Waals surface area contributed by atoms with Crippen LogP contribution in [0.1, 0.15) is 101 Å². The van der Waals surface area contributed by atoms with Crippen LogP contribution >= 0.6 is 0 Å². The molecule has 2 aromatic carbocycles. The molecule has 4 rings (SSSR count). The summed E-state index contributed by atoms with van der Waals surface area (Å²) < 4.78 is 0. The monoisotopic (exact) mass is 465 g/mol. The summed E-state index contributed by atoms with van der Waals surface area (Å²) in [5.41, 5.74) is 5.25. The summed E-state index contributed by atoms with van der Waals surface area (Å²) >= 11 is 0. The Hall–Kier alpha value is -2.99. The zero-order chi connectivity index (χ0) is 24.3. The molecule has 1 saturated carbocycles. The second-order valence-electron chi connectivity index (χ2n) is 10.2. The van der Waals surface area contributed by atoms with E-state index in [9.17, 15) is 0 Å². The maximum Gasteiger partial charge on any atom is 0.159 e. The van der Waals surface area contributed by atoms with Crippen molar-refractivity contribution < 1.29 is 0 Å². The lowest BCUT2D eigenvalue weighted by molar-refractivity contribution is 0.302. The maximum absolute atomic E-state index is 8.96. The average molecular weight is 466 g/mol. The Balaban J connectivity index is 1.24. The highest BCUT2D eigenvalue weighted by Gasteiger charge is 2.22. The van der Waals surface area contributed by atoms with E-state index in [4.69, 9.17) is 5.26 Å². The van der Waals surface area contributed by atoms with Gasteiger partial charge in [-0.05, 0) is 72.9 Å². The Morgan fingerprint density at radius 3 is 1.94 bits per heavy atom. The number of nitriles is 1. The largest absolute Gasteiger partial charge is 0.236 e. The van der Waals surface area contributed by atoms with Crippen molar-refractivity contribution in [3.8, 4) is 28.6 Å². The first-order valence-corrected chi connectivity index (χ1v) is 13.7. The van der Waals surface area contributed by atoms with Crippen LogP contribution in [0.2, 0.25) is 0 Å². The topological polar surface area (TPSA) is 49.6 Å². The molecule has 1 aliphatic rings. The SMILES string of the molecule is CCCCCCCCC[C@H]1CC[C@H](c2ccc(-c3cnc(-c4ccc(C#N)cc4)nc3)cc2)CC1. The van der Waals surface area contributed by atoms with Gasteiger partial charge in [0.2, 0.25) is 0 Å². The molecule has 0 saturated heterocycles. The summed E-state index contributed by atoms with van der Waals surface area (Å²) in [5.74, 6) is 2.35. The first-order chi connectivity index (χ1) is 17.3. The molecule has 0 unspecified atom stereocenters. The molecule has 0 atom stereocenters. The highest BCUT2D eigenvalue weighted by atomic mass is 14.9. The number of benzene rings is 2.